The second-order valence-corrected chi connectivity index (χ2v) is 3.72. The summed E-state index contributed by atoms with van der Waals surface area (Å²) in [4.78, 5) is 27.1. The van der Waals surface area contributed by atoms with Crippen LogP contribution >= 0.6 is 0 Å². The van der Waals surface area contributed by atoms with E-state index < -0.39 is 42.7 Å². The highest BCUT2D eigenvalue weighted by Crippen LogP contribution is 2.35. The second-order valence-electron chi connectivity index (χ2n) is 3.72. The van der Waals surface area contributed by atoms with Gasteiger partial charge in [0.05, 0.1) is 0 Å². The molecule has 1 amide bonds. The highest BCUT2D eigenvalue weighted by Gasteiger charge is 2.54. The lowest BCUT2D eigenvalue weighted by Gasteiger charge is -2.40. The maximum Gasteiger partial charge on any atom is 0.253 e. The van der Waals surface area contributed by atoms with Crippen LogP contribution in [0.4, 0.5) is 0 Å². The summed E-state index contributed by atoms with van der Waals surface area (Å²) in [5, 5.41) is 34.5. The molecule has 100 valence electrons. The van der Waals surface area contributed by atoms with E-state index in [0.29, 0.717) is 0 Å². The Labute approximate surface area is 94.8 Å². The van der Waals surface area contributed by atoms with Crippen LogP contribution in [0.15, 0.2) is 0 Å². The van der Waals surface area contributed by atoms with Crippen molar-refractivity contribution < 1.29 is 45.4 Å². The number of hydrogen-bond donors (Lipinski definition) is 5. The van der Waals surface area contributed by atoms with Crippen molar-refractivity contribution in [1.29, 1.82) is 0 Å². The molecule has 17 heavy (non-hydrogen) atoms. The van der Waals surface area contributed by atoms with Crippen LogP contribution in [0.1, 0.15) is 12.8 Å². The van der Waals surface area contributed by atoms with Crippen molar-refractivity contribution in [2.75, 3.05) is 0 Å². The SMILES string of the molecule is NC(=O)C1(OO)C[C@@H](OO)C(OO)[C@H](OO)C1. The molecule has 1 aliphatic carbocycles. The molecule has 0 aliphatic heterocycles. The van der Waals surface area contributed by atoms with E-state index in [0.717, 1.165) is 0 Å². The third-order valence-electron chi connectivity index (χ3n) is 2.81. The Hall–Kier alpha value is -0.850. The molecule has 10 nitrogen and oxygen atoms in total. The van der Waals surface area contributed by atoms with Crippen molar-refractivity contribution >= 4 is 5.91 Å². The van der Waals surface area contributed by atoms with Gasteiger partial charge in [-0.25, -0.2) is 19.6 Å². The predicted molar refractivity (Wildman–Crippen MR) is 47.4 cm³/mol. The maximum atomic E-state index is 11.2. The Kier molecular flexibility index (Phi) is 4.73. The molecule has 0 aromatic heterocycles. The topological polar surface area (TPSA) is 161 Å². The molecule has 0 unspecified atom stereocenters. The average Bonchev–Trinajstić information content (AvgIpc) is 2.36. The van der Waals surface area contributed by atoms with E-state index in [1.807, 2.05) is 0 Å². The second kappa shape index (κ2) is 5.66. The van der Waals surface area contributed by atoms with Crippen molar-refractivity contribution in [2.45, 2.75) is 36.8 Å². The maximum absolute atomic E-state index is 11.2. The molecule has 1 saturated carbocycles. The van der Waals surface area contributed by atoms with E-state index in [4.69, 9.17) is 26.8 Å². The van der Waals surface area contributed by atoms with Crippen molar-refractivity contribution in [2.24, 2.45) is 5.73 Å². The first-order valence-corrected chi connectivity index (χ1v) is 4.57. The van der Waals surface area contributed by atoms with Crippen LogP contribution in [-0.4, -0.2) is 50.8 Å². The minimum absolute atomic E-state index is 0.402. The summed E-state index contributed by atoms with van der Waals surface area (Å²) in [7, 11) is 0. The number of hydrogen-bond acceptors (Lipinski definition) is 9. The smallest absolute Gasteiger partial charge is 0.253 e. The normalized spacial score (nSPS) is 38.0. The Bertz CT molecular complexity index is 258. The molecule has 1 rings (SSSR count). The van der Waals surface area contributed by atoms with Crippen LogP contribution in [-0.2, 0) is 24.3 Å². The lowest BCUT2D eigenvalue weighted by atomic mass is 9.79. The Morgan fingerprint density at radius 1 is 1.06 bits per heavy atom. The van der Waals surface area contributed by atoms with Crippen molar-refractivity contribution in [3.63, 3.8) is 0 Å². The molecule has 1 aliphatic rings. The van der Waals surface area contributed by atoms with Gasteiger partial charge in [0.15, 0.2) is 11.7 Å². The first kappa shape index (κ1) is 14.2. The molecule has 0 aromatic rings. The predicted octanol–water partition coefficient (Wildman–Crippen LogP) is -0.931. The van der Waals surface area contributed by atoms with E-state index >= 15 is 0 Å². The number of amides is 1. The minimum atomic E-state index is -1.92. The molecule has 0 bridgehead atoms. The van der Waals surface area contributed by atoms with Crippen LogP contribution < -0.4 is 5.73 Å². The van der Waals surface area contributed by atoms with Crippen molar-refractivity contribution in [1.82, 2.24) is 0 Å². The number of carbonyl (C=O) groups excluding carboxylic acids is 1. The molecule has 0 heterocycles. The molecule has 0 saturated heterocycles. The number of nitrogens with two attached hydrogens (primary N) is 1. The van der Waals surface area contributed by atoms with Crippen LogP contribution in [0.5, 0.6) is 0 Å². The third kappa shape index (κ3) is 2.53. The summed E-state index contributed by atoms with van der Waals surface area (Å²) in [6.07, 6.45) is -4.69. The summed E-state index contributed by atoms with van der Waals surface area (Å²) in [6, 6.07) is 0. The highest BCUT2D eigenvalue weighted by atomic mass is 17.2. The Morgan fingerprint density at radius 3 is 1.76 bits per heavy atom. The van der Waals surface area contributed by atoms with Gasteiger partial charge in [-0.3, -0.25) is 25.8 Å². The molecular formula is C7H13NO9. The van der Waals surface area contributed by atoms with E-state index in [2.05, 4.69) is 19.6 Å². The summed E-state index contributed by atoms with van der Waals surface area (Å²) >= 11 is 0. The molecule has 0 radical (unpaired) electrons. The Balaban J connectivity index is 2.97. The molecular weight excluding hydrogens is 242 g/mol. The first-order valence-electron chi connectivity index (χ1n) is 4.57. The highest BCUT2D eigenvalue weighted by molar-refractivity contribution is 5.83. The quantitative estimate of drug-likeness (QED) is 0.308. The summed E-state index contributed by atoms with van der Waals surface area (Å²) < 4.78 is 0. The summed E-state index contributed by atoms with van der Waals surface area (Å²) in [5.74, 6) is -1.06. The van der Waals surface area contributed by atoms with Gasteiger partial charge in [0.25, 0.3) is 5.91 Å². The zero-order valence-electron chi connectivity index (χ0n) is 8.55. The largest absolute Gasteiger partial charge is 0.367 e. The zero-order chi connectivity index (χ0) is 13.1. The average molecular weight is 255 g/mol. The minimum Gasteiger partial charge on any atom is -0.367 e. The van der Waals surface area contributed by atoms with Gasteiger partial charge in [-0.15, -0.1) is 0 Å². The number of primary amides is 1. The van der Waals surface area contributed by atoms with Gasteiger partial charge in [-0.1, -0.05) is 0 Å². The van der Waals surface area contributed by atoms with E-state index in [-0.39, 0.29) is 0 Å². The summed E-state index contributed by atoms with van der Waals surface area (Å²) in [6.45, 7) is 0. The van der Waals surface area contributed by atoms with Gasteiger partial charge in [0.2, 0.25) is 0 Å². The van der Waals surface area contributed by atoms with E-state index in [1.165, 1.54) is 0 Å². The fourth-order valence-corrected chi connectivity index (χ4v) is 1.86. The molecule has 6 N–H and O–H groups in total. The van der Waals surface area contributed by atoms with Crippen LogP contribution in [0, 0.1) is 0 Å². The van der Waals surface area contributed by atoms with Crippen LogP contribution in [0.3, 0.4) is 0 Å². The van der Waals surface area contributed by atoms with Gasteiger partial charge in [-0.2, -0.15) is 0 Å². The molecule has 2 atom stereocenters. The monoisotopic (exact) mass is 255 g/mol. The number of rotatable bonds is 5. The van der Waals surface area contributed by atoms with Gasteiger partial charge in [-0.05, 0) is 0 Å². The standard InChI is InChI=1S/C7H13NO9/c8-6(9)7(17-13)1-3(14-10)5(16-12)4(2-7)15-11/h3-5,10-13H,1-2H2,(H2,8,9)/t3-,4-,5?,7?/m1/s1. The van der Waals surface area contributed by atoms with Gasteiger partial charge in [0, 0.05) is 12.8 Å². The molecule has 0 spiro atoms. The van der Waals surface area contributed by atoms with Crippen molar-refractivity contribution in [3.8, 4) is 0 Å². The van der Waals surface area contributed by atoms with Crippen LogP contribution in [0.25, 0.3) is 0 Å². The van der Waals surface area contributed by atoms with Crippen LogP contribution in [0.2, 0.25) is 0 Å². The number of carbonyl (C=O) groups is 1. The molecule has 1 fully saturated rings. The molecule has 0 aromatic carbocycles. The lowest BCUT2D eigenvalue weighted by molar-refractivity contribution is -0.428. The lowest BCUT2D eigenvalue weighted by Crippen LogP contribution is -2.60. The van der Waals surface area contributed by atoms with Gasteiger partial charge in [0.1, 0.15) is 12.2 Å². The molecule has 10 heteroatoms. The van der Waals surface area contributed by atoms with E-state index in [1.54, 1.807) is 0 Å². The third-order valence-corrected chi connectivity index (χ3v) is 2.81. The van der Waals surface area contributed by atoms with Gasteiger partial charge >= 0.3 is 0 Å². The fourth-order valence-electron chi connectivity index (χ4n) is 1.86. The fraction of sp³-hybridized carbons (Fsp3) is 0.857. The van der Waals surface area contributed by atoms with Gasteiger partial charge < -0.3 is 5.73 Å². The first-order chi connectivity index (χ1) is 8.04. The van der Waals surface area contributed by atoms with E-state index in [9.17, 15) is 4.79 Å². The zero-order valence-corrected chi connectivity index (χ0v) is 8.55. The van der Waals surface area contributed by atoms with Crippen molar-refractivity contribution in [3.05, 3.63) is 0 Å². The summed E-state index contributed by atoms with van der Waals surface area (Å²) in [5.41, 5.74) is 3.11. The Morgan fingerprint density at radius 2 is 1.53 bits per heavy atom.